The van der Waals surface area contributed by atoms with Gasteiger partial charge >= 0.3 is 0 Å². The lowest BCUT2D eigenvalue weighted by Crippen LogP contribution is -2.62. The molecule has 16 atom stereocenters. The molecule has 1 N–H and O–H groups in total. The van der Waals surface area contributed by atoms with Gasteiger partial charge in [-0.05, 0) is 126 Å². The molecule has 0 aromatic heterocycles. The molecule has 0 aliphatic heterocycles. The van der Waals surface area contributed by atoms with Crippen LogP contribution in [-0.4, -0.2) is 69.2 Å². The van der Waals surface area contributed by atoms with Crippen LogP contribution in [0.25, 0.3) is 0 Å². The first-order valence-electron chi connectivity index (χ1n) is 21.1. The first-order chi connectivity index (χ1) is 24.9. The minimum Gasteiger partial charge on any atom is -0.392 e. The Kier molecular flexibility index (Phi) is 12.5. The summed E-state index contributed by atoms with van der Waals surface area (Å²) in [6, 6.07) is 0. The molecule has 0 saturated heterocycles. The van der Waals surface area contributed by atoms with Crippen LogP contribution in [0.5, 0.6) is 0 Å². The largest absolute Gasteiger partial charge is 0.392 e. The van der Waals surface area contributed by atoms with E-state index in [1.54, 1.807) is 14.2 Å². The highest BCUT2D eigenvalue weighted by molar-refractivity contribution is 5.90. The second-order valence-electron chi connectivity index (χ2n) is 19.7. The van der Waals surface area contributed by atoms with Gasteiger partial charge in [-0.3, -0.25) is 9.59 Å². The van der Waals surface area contributed by atoms with Gasteiger partial charge in [0, 0.05) is 54.8 Å². The number of aliphatic hydroxyl groups is 1. The van der Waals surface area contributed by atoms with Gasteiger partial charge in [-0.1, -0.05) is 65.8 Å². The smallest absolute Gasteiger partial charge is 0.146 e. The fourth-order valence-electron chi connectivity index (χ4n) is 14.3. The van der Waals surface area contributed by atoms with E-state index >= 15 is 0 Å². The third kappa shape index (κ3) is 6.41. The SMILES string of the molecule is CC=C[C@]1(C)C[C@@H](O)[C@@]2(C)C3[C@H](OC)CCC3(CC[C@H]2C)[C@@H](C)C1=O.CC=C[C@]1(C)C[C@@H](OCOC)[C@@]2(C)C3[C@H](OC)CCC3(CC[C@H]2C)[C@@H](C)C1=O. The Morgan fingerprint density at radius 3 is 1.51 bits per heavy atom. The molecule has 6 fully saturated rings. The lowest BCUT2D eigenvalue weighted by Gasteiger charge is -2.62. The van der Waals surface area contributed by atoms with Crippen molar-refractivity contribution in [1.29, 1.82) is 0 Å². The molecule has 6 saturated carbocycles. The summed E-state index contributed by atoms with van der Waals surface area (Å²) >= 11 is 0. The van der Waals surface area contributed by atoms with E-state index in [1.807, 2.05) is 46.1 Å². The summed E-state index contributed by atoms with van der Waals surface area (Å²) in [6.07, 6.45) is 17.8. The Morgan fingerprint density at radius 1 is 0.660 bits per heavy atom. The van der Waals surface area contributed by atoms with Crippen molar-refractivity contribution >= 4 is 11.6 Å². The normalized spacial score (nSPS) is 51.2. The fourth-order valence-corrected chi connectivity index (χ4v) is 14.3. The van der Waals surface area contributed by atoms with Crippen LogP contribution in [0.1, 0.15) is 133 Å². The molecule has 6 aliphatic carbocycles. The van der Waals surface area contributed by atoms with Gasteiger partial charge in [-0.2, -0.15) is 0 Å². The van der Waals surface area contributed by atoms with Gasteiger partial charge in [-0.25, -0.2) is 0 Å². The Morgan fingerprint density at radius 2 is 1.08 bits per heavy atom. The zero-order chi connectivity index (χ0) is 39.4. The predicted octanol–water partition coefficient (Wildman–Crippen LogP) is 9.40. The van der Waals surface area contributed by atoms with Crippen molar-refractivity contribution in [1.82, 2.24) is 0 Å². The number of hydrogen-bond donors (Lipinski definition) is 1. The van der Waals surface area contributed by atoms with Crippen LogP contribution >= 0.6 is 0 Å². The second-order valence-corrected chi connectivity index (χ2v) is 19.7. The van der Waals surface area contributed by atoms with E-state index in [0.717, 1.165) is 51.4 Å². The molecule has 7 heteroatoms. The number of ketones is 2. The number of carbonyl (C=O) groups excluding carboxylic acids is 2. The highest BCUT2D eigenvalue weighted by Gasteiger charge is 2.69. The number of allylic oxidation sites excluding steroid dienone is 4. The summed E-state index contributed by atoms with van der Waals surface area (Å²) in [5, 5.41) is 11.4. The number of Topliss-reactive ketones (excluding diaryl/α,β-unsaturated/α-hetero) is 2. The van der Waals surface area contributed by atoms with Gasteiger partial charge in [0.25, 0.3) is 0 Å². The van der Waals surface area contributed by atoms with Crippen molar-refractivity contribution in [3.05, 3.63) is 24.3 Å². The molecule has 0 radical (unpaired) electrons. The van der Waals surface area contributed by atoms with Gasteiger partial charge in [-0.15, -0.1) is 0 Å². The number of carbonyl (C=O) groups is 2. The highest BCUT2D eigenvalue weighted by Crippen LogP contribution is 2.70. The standard InChI is InChI=1S/C24H40O4.C22H36O3/c1-8-11-22(4)14-19(28-15-26-6)23(5)16(2)9-12-24(17(3)21(22)25)13-10-18(27-7)20(23)24;1-7-10-20(4)13-17(23)21(5)14(2)8-11-22(15(3)19(20)24)12-9-16(25-6)18(21)22/h8,11,16-20H,9-10,12-15H2,1-7H3;7,10,14-18,23H,8-9,11-13H2,1-6H3/t16-,17+,18-,19-,20?,22-,23+,24?;14-,15+,16-,17-,18?,20-,21+,22?/m11/s1. The summed E-state index contributed by atoms with van der Waals surface area (Å²) in [4.78, 5) is 27.4. The molecule has 6 aliphatic rings. The molecule has 302 valence electrons. The summed E-state index contributed by atoms with van der Waals surface area (Å²) in [6.45, 7) is 22.1. The van der Waals surface area contributed by atoms with Crippen LogP contribution in [0.4, 0.5) is 0 Å². The van der Waals surface area contributed by atoms with Gasteiger partial charge in [0.15, 0.2) is 0 Å². The first-order valence-corrected chi connectivity index (χ1v) is 21.1. The van der Waals surface area contributed by atoms with Crippen molar-refractivity contribution in [3.63, 3.8) is 0 Å². The average Bonchev–Trinajstić information content (AvgIpc) is 3.73. The van der Waals surface area contributed by atoms with Crippen LogP contribution < -0.4 is 0 Å². The summed E-state index contributed by atoms with van der Waals surface area (Å²) in [7, 11) is 5.31. The number of aliphatic hydroxyl groups excluding tert-OH is 1. The molecule has 4 unspecified atom stereocenters. The van der Waals surface area contributed by atoms with Gasteiger partial charge in [0.1, 0.15) is 18.4 Å². The van der Waals surface area contributed by atoms with Gasteiger partial charge in [0.05, 0.1) is 24.4 Å². The van der Waals surface area contributed by atoms with Gasteiger partial charge < -0.3 is 24.1 Å². The van der Waals surface area contributed by atoms with Crippen LogP contribution in [0.2, 0.25) is 0 Å². The first kappa shape index (κ1) is 42.8. The van der Waals surface area contributed by atoms with Crippen molar-refractivity contribution in [2.24, 2.45) is 68.0 Å². The van der Waals surface area contributed by atoms with E-state index in [1.165, 1.54) is 0 Å². The maximum Gasteiger partial charge on any atom is 0.146 e. The zero-order valence-electron chi connectivity index (χ0n) is 35.8. The van der Waals surface area contributed by atoms with E-state index in [4.69, 9.17) is 18.9 Å². The second kappa shape index (κ2) is 15.5. The summed E-state index contributed by atoms with van der Waals surface area (Å²) in [5.74, 6) is 2.28. The number of ether oxygens (including phenoxy) is 4. The Balaban J connectivity index is 0.000000206. The average molecular weight is 741 g/mol. The fraction of sp³-hybridized carbons (Fsp3) is 0.870. The van der Waals surface area contributed by atoms with E-state index in [2.05, 4.69) is 54.5 Å². The van der Waals surface area contributed by atoms with Crippen LogP contribution in [0.3, 0.4) is 0 Å². The summed E-state index contributed by atoms with van der Waals surface area (Å²) in [5.41, 5.74) is -1.34. The van der Waals surface area contributed by atoms with E-state index < -0.39 is 16.9 Å². The van der Waals surface area contributed by atoms with Crippen molar-refractivity contribution in [2.45, 2.75) is 158 Å². The van der Waals surface area contributed by atoms with Crippen molar-refractivity contribution < 1.29 is 33.6 Å². The molecule has 4 bridgehead atoms. The van der Waals surface area contributed by atoms with Crippen LogP contribution in [-0.2, 0) is 28.5 Å². The predicted molar refractivity (Wildman–Crippen MR) is 211 cm³/mol. The molecule has 53 heavy (non-hydrogen) atoms. The molecule has 7 nitrogen and oxygen atoms in total. The zero-order valence-corrected chi connectivity index (χ0v) is 35.8. The Hall–Kier alpha value is -1.38. The molecular weight excluding hydrogens is 664 g/mol. The minimum absolute atomic E-state index is 0.0109. The molecule has 0 aromatic rings. The number of hydrogen-bond acceptors (Lipinski definition) is 7. The minimum atomic E-state index is -0.574. The van der Waals surface area contributed by atoms with Gasteiger partial charge in [0.2, 0.25) is 0 Å². The maximum atomic E-state index is 13.9. The number of methoxy groups -OCH3 is 3. The quantitative estimate of drug-likeness (QED) is 0.206. The third-order valence-electron chi connectivity index (χ3n) is 17.7. The van der Waals surface area contributed by atoms with Crippen molar-refractivity contribution in [3.8, 4) is 0 Å². The Labute approximate surface area is 322 Å². The van der Waals surface area contributed by atoms with E-state index in [0.29, 0.717) is 42.2 Å². The number of rotatable bonds is 7. The van der Waals surface area contributed by atoms with Crippen LogP contribution in [0, 0.1) is 68.0 Å². The molecular formula is C46H76O7. The van der Waals surface area contributed by atoms with E-state index in [9.17, 15) is 14.7 Å². The monoisotopic (exact) mass is 741 g/mol. The van der Waals surface area contributed by atoms with Crippen LogP contribution in [0.15, 0.2) is 24.3 Å². The molecule has 0 heterocycles. The lowest BCUT2D eigenvalue weighted by molar-refractivity contribution is -0.217. The third-order valence-corrected chi connectivity index (χ3v) is 17.7. The topological polar surface area (TPSA) is 91.3 Å². The molecule has 0 amide bonds. The highest BCUT2D eigenvalue weighted by atomic mass is 16.7. The maximum absolute atomic E-state index is 13.9. The lowest BCUT2D eigenvalue weighted by atomic mass is 9.44. The summed E-state index contributed by atoms with van der Waals surface area (Å²) < 4.78 is 23.7. The molecule has 0 aromatic carbocycles. The van der Waals surface area contributed by atoms with Crippen molar-refractivity contribution in [2.75, 3.05) is 28.1 Å². The van der Waals surface area contributed by atoms with E-state index in [-0.39, 0.29) is 64.5 Å². The molecule has 0 spiro atoms. The molecule has 6 rings (SSSR count). The Bertz CT molecular complexity index is 1390.